The number of nitrogens with one attached hydrogen (secondary N) is 1. The van der Waals surface area contributed by atoms with E-state index in [1.54, 1.807) is 17.3 Å². The summed E-state index contributed by atoms with van der Waals surface area (Å²) >= 11 is 0. The average Bonchev–Trinajstić information content (AvgIpc) is 3.38. The summed E-state index contributed by atoms with van der Waals surface area (Å²) in [6.07, 6.45) is 4.42. The molecule has 2 amide bonds. The zero-order chi connectivity index (χ0) is 24.9. The molecule has 1 aliphatic carbocycles. The van der Waals surface area contributed by atoms with Gasteiger partial charge in [-0.25, -0.2) is 4.98 Å². The number of carbonyl (C=O) groups excluding carboxylic acids is 3. The van der Waals surface area contributed by atoms with Crippen molar-refractivity contribution in [3.05, 3.63) is 101 Å². The Morgan fingerprint density at radius 1 is 1.00 bits per heavy atom. The number of hydrogen-bond acceptors (Lipinski definition) is 5. The predicted molar refractivity (Wildman–Crippen MR) is 136 cm³/mol. The first-order valence-corrected chi connectivity index (χ1v) is 11.9. The van der Waals surface area contributed by atoms with Gasteiger partial charge in [0.05, 0.1) is 23.0 Å². The van der Waals surface area contributed by atoms with Crippen molar-refractivity contribution < 1.29 is 14.4 Å². The number of aromatic nitrogens is 2. The number of carbonyl (C=O) groups is 3. The molecule has 2 aromatic carbocycles. The van der Waals surface area contributed by atoms with E-state index in [2.05, 4.69) is 15.3 Å². The molecule has 1 atom stereocenters. The lowest BCUT2D eigenvalue weighted by atomic mass is 9.79. The average molecular weight is 477 g/mol. The normalized spacial score (nSPS) is 17.6. The van der Waals surface area contributed by atoms with Crippen LogP contribution in [0.3, 0.4) is 0 Å². The fourth-order valence-electron chi connectivity index (χ4n) is 5.47. The Balaban J connectivity index is 1.33. The zero-order valence-electron chi connectivity index (χ0n) is 19.8. The Bertz CT molecular complexity index is 1550. The molecule has 0 radical (unpaired) electrons. The summed E-state index contributed by atoms with van der Waals surface area (Å²) in [5.41, 5.74) is 4.59. The van der Waals surface area contributed by atoms with E-state index in [1.807, 2.05) is 60.7 Å². The highest BCUT2D eigenvalue weighted by atomic mass is 16.2. The molecule has 3 heterocycles. The number of benzene rings is 2. The van der Waals surface area contributed by atoms with Crippen LogP contribution in [0.5, 0.6) is 0 Å². The summed E-state index contributed by atoms with van der Waals surface area (Å²) in [5.74, 6) is 0.285. The molecule has 2 aromatic heterocycles. The highest BCUT2D eigenvalue weighted by Crippen LogP contribution is 2.47. The number of anilines is 1. The molecule has 7 heteroatoms. The van der Waals surface area contributed by atoms with Crippen LogP contribution in [0.2, 0.25) is 0 Å². The monoisotopic (exact) mass is 476 g/mol. The minimum Gasteiger partial charge on any atom is -0.327 e. The van der Waals surface area contributed by atoms with Crippen LogP contribution in [0.1, 0.15) is 39.5 Å². The number of rotatable bonds is 5. The maximum absolute atomic E-state index is 13.4. The summed E-state index contributed by atoms with van der Waals surface area (Å²) in [5, 5.41) is 3.77. The minimum atomic E-state index is -0.657. The molecule has 36 heavy (non-hydrogen) atoms. The Morgan fingerprint density at radius 2 is 1.78 bits per heavy atom. The van der Waals surface area contributed by atoms with Crippen molar-refractivity contribution >= 4 is 34.3 Å². The number of nitrogens with zero attached hydrogens (tertiary/aromatic N) is 3. The van der Waals surface area contributed by atoms with Gasteiger partial charge < -0.3 is 10.2 Å². The van der Waals surface area contributed by atoms with Crippen molar-refractivity contribution in [3.63, 3.8) is 0 Å². The molecule has 1 aliphatic heterocycles. The van der Waals surface area contributed by atoms with Gasteiger partial charge in [0.2, 0.25) is 5.91 Å². The van der Waals surface area contributed by atoms with Gasteiger partial charge in [0.25, 0.3) is 5.91 Å². The molecule has 178 valence electrons. The van der Waals surface area contributed by atoms with Crippen molar-refractivity contribution in [2.24, 2.45) is 0 Å². The number of pyridine rings is 2. The number of fused-ring (bicyclic) bond motifs is 4. The quantitative estimate of drug-likeness (QED) is 0.472. The van der Waals surface area contributed by atoms with Gasteiger partial charge in [0, 0.05) is 29.9 Å². The Kier molecular flexibility index (Phi) is 5.14. The molecule has 0 saturated carbocycles. The van der Waals surface area contributed by atoms with E-state index in [1.165, 1.54) is 6.92 Å². The first kappa shape index (κ1) is 22.1. The van der Waals surface area contributed by atoms with Crippen LogP contribution in [0.4, 0.5) is 5.82 Å². The molecule has 1 spiro atoms. The van der Waals surface area contributed by atoms with E-state index in [0.717, 1.165) is 33.2 Å². The van der Waals surface area contributed by atoms with Crippen molar-refractivity contribution in [1.29, 1.82) is 0 Å². The maximum atomic E-state index is 13.4. The highest BCUT2D eigenvalue weighted by Gasteiger charge is 2.51. The van der Waals surface area contributed by atoms with E-state index >= 15 is 0 Å². The molecule has 2 aliphatic rings. The van der Waals surface area contributed by atoms with Crippen molar-refractivity contribution in [3.8, 4) is 0 Å². The molecular formula is C29H24N4O3. The second kappa shape index (κ2) is 8.37. The second-order valence-corrected chi connectivity index (χ2v) is 9.68. The maximum Gasteiger partial charge on any atom is 0.256 e. The molecule has 4 aromatic rings. The number of ketones is 1. The van der Waals surface area contributed by atoms with Crippen molar-refractivity contribution in [1.82, 2.24) is 14.9 Å². The van der Waals surface area contributed by atoms with Gasteiger partial charge in [-0.3, -0.25) is 19.4 Å². The lowest BCUT2D eigenvalue weighted by Gasteiger charge is -2.22. The first-order valence-electron chi connectivity index (χ1n) is 11.9. The SMILES string of the molecule is CC(=O)CN(Cc1ccccc1)C(=O)c1cnc2cc3c(cc2c1)C[C@@]1(C3)C(=O)Nc2ncccc21. The van der Waals surface area contributed by atoms with E-state index < -0.39 is 5.41 Å². The smallest absolute Gasteiger partial charge is 0.256 e. The van der Waals surface area contributed by atoms with E-state index in [0.29, 0.717) is 30.8 Å². The van der Waals surface area contributed by atoms with Crippen LogP contribution < -0.4 is 5.32 Å². The van der Waals surface area contributed by atoms with Crippen LogP contribution in [0, 0.1) is 0 Å². The molecule has 0 bridgehead atoms. The fourth-order valence-corrected chi connectivity index (χ4v) is 5.47. The van der Waals surface area contributed by atoms with Crippen LogP contribution in [0.25, 0.3) is 10.9 Å². The summed E-state index contributed by atoms with van der Waals surface area (Å²) in [6, 6.07) is 19.3. The minimum absolute atomic E-state index is 0.0268. The first-order chi connectivity index (χ1) is 17.4. The fraction of sp³-hybridized carbons (Fsp3) is 0.207. The zero-order valence-corrected chi connectivity index (χ0v) is 19.8. The van der Waals surface area contributed by atoms with Crippen LogP contribution in [-0.2, 0) is 34.4 Å². The lowest BCUT2D eigenvalue weighted by Crippen LogP contribution is -2.35. The van der Waals surface area contributed by atoms with Gasteiger partial charge in [-0.15, -0.1) is 0 Å². The third-order valence-corrected chi connectivity index (χ3v) is 7.14. The van der Waals surface area contributed by atoms with Crippen molar-refractivity contribution in [2.75, 3.05) is 11.9 Å². The number of amides is 2. The Hall–Kier alpha value is -4.39. The van der Waals surface area contributed by atoms with Crippen LogP contribution in [-0.4, -0.2) is 39.0 Å². The summed E-state index contributed by atoms with van der Waals surface area (Å²) in [7, 11) is 0. The van der Waals surface area contributed by atoms with Crippen LogP contribution >= 0.6 is 0 Å². The number of hydrogen-bond donors (Lipinski definition) is 1. The van der Waals surface area contributed by atoms with Gasteiger partial charge in [-0.2, -0.15) is 0 Å². The standard InChI is InChI=1S/C29H24N4O3/c1-18(34)16-33(17-19-6-3-2-4-7-19)27(35)23-11-20-10-21-13-29(14-22(21)12-25(20)31-15-23)24-8-5-9-30-26(24)32-28(29)36/h2-12,15H,13-14,16-17H2,1H3,(H,30,32,36)/t29-/m0/s1. The third-order valence-electron chi connectivity index (χ3n) is 7.14. The van der Waals surface area contributed by atoms with E-state index in [-0.39, 0.29) is 24.1 Å². The van der Waals surface area contributed by atoms with E-state index in [9.17, 15) is 14.4 Å². The molecule has 7 nitrogen and oxygen atoms in total. The van der Waals surface area contributed by atoms with Crippen LogP contribution in [0.15, 0.2) is 73.1 Å². The molecule has 0 unspecified atom stereocenters. The molecular weight excluding hydrogens is 452 g/mol. The number of Topliss-reactive ketones (excluding diaryl/α,β-unsaturated/α-hetero) is 1. The second-order valence-electron chi connectivity index (χ2n) is 9.68. The van der Waals surface area contributed by atoms with Gasteiger partial charge in [0.1, 0.15) is 11.6 Å². The topological polar surface area (TPSA) is 92.3 Å². The predicted octanol–water partition coefficient (Wildman–Crippen LogP) is 3.85. The van der Waals surface area contributed by atoms with Gasteiger partial charge in [-0.05, 0) is 60.7 Å². The summed E-state index contributed by atoms with van der Waals surface area (Å²) in [6.45, 7) is 1.85. The van der Waals surface area contributed by atoms with Gasteiger partial charge >= 0.3 is 0 Å². The lowest BCUT2D eigenvalue weighted by molar-refractivity contribution is -0.120. The summed E-state index contributed by atoms with van der Waals surface area (Å²) in [4.78, 5) is 48.8. The van der Waals surface area contributed by atoms with Crippen molar-refractivity contribution in [2.45, 2.75) is 31.7 Å². The highest BCUT2D eigenvalue weighted by molar-refractivity contribution is 6.06. The molecule has 1 N–H and O–H groups in total. The third kappa shape index (κ3) is 3.64. The Morgan fingerprint density at radius 3 is 2.56 bits per heavy atom. The van der Waals surface area contributed by atoms with E-state index in [4.69, 9.17) is 0 Å². The van der Waals surface area contributed by atoms with Gasteiger partial charge in [0.15, 0.2) is 0 Å². The molecule has 0 saturated heterocycles. The largest absolute Gasteiger partial charge is 0.327 e. The molecule has 6 rings (SSSR count). The van der Waals surface area contributed by atoms with Gasteiger partial charge in [-0.1, -0.05) is 36.4 Å². The Labute approximate surface area is 208 Å². The molecule has 0 fully saturated rings. The summed E-state index contributed by atoms with van der Waals surface area (Å²) < 4.78 is 0.